The molecule has 2 rings (SSSR count). The zero-order valence-electron chi connectivity index (χ0n) is 12.1. The van der Waals surface area contributed by atoms with Gasteiger partial charge in [-0.3, -0.25) is 9.59 Å². The zero-order chi connectivity index (χ0) is 15.2. The lowest BCUT2D eigenvalue weighted by atomic mass is 10.1. The Balaban J connectivity index is 2.21. The molecule has 2 amide bonds. The Kier molecular flexibility index (Phi) is 4.72. The van der Waals surface area contributed by atoms with E-state index < -0.39 is 0 Å². The van der Waals surface area contributed by atoms with Crippen LogP contribution in [0.2, 0.25) is 0 Å². The topological polar surface area (TPSA) is 58.2 Å². The van der Waals surface area contributed by atoms with E-state index in [9.17, 15) is 9.59 Å². The molecule has 0 saturated carbocycles. The number of carbonyl (C=O) groups is 2. The third-order valence-corrected chi connectivity index (χ3v) is 3.12. The summed E-state index contributed by atoms with van der Waals surface area (Å²) in [5.74, 6) is -0.334. The number of rotatable bonds is 4. The van der Waals surface area contributed by atoms with Crippen molar-refractivity contribution in [3.8, 4) is 0 Å². The highest BCUT2D eigenvalue weighted by Crippen LogP contribution is 2.18. The van der Waals surface area contributed by atoms with Crippen LogP contribution in [0.3, 0.4) is 0 Å². The van der Waals surface area contributed by atoms with Crippen molar-refractivity contribution in [3.05, 3.63) is 65.2 Å². The zero-order valence-corrected chi connectivity index (χ0v) is 12.1. The molecule has 2 N–H and O–H groups in total. The van der Waals surface area contributed by atoms with E-state index in [1.54, 1.807) is 24.3 Å². The van der Waals surface area contributed by atoms with E-state index >= 15 is 0 Å². The van der Waals surface area contributed by atoms with Crippen LogP contribution in [0.5, 0.6) is 0 Å². The van der Waals surface area contributed by atoms with Crippen LogP contribution in [0.15, 0.2) is 48.5 Å². The van der Waals surface area contributed by atoms with Crippen LogP contribution in [-0.2, 0) is 0 Å². The Hall–Kier alpha value is -2.62. The van der Waals surface area contributed by atoms with Gasteiger partial charge in [-0.05, 0) is 43.7 Å². The monoisotopic (exact) mass is 282 g/mol. The summed E-state index contributed by atoms with van der Waals surface area (Å²) in [6, 6.07) is 14.2. The van der Waals surface area contributed by atoms with Gasteiger partial charge in [0.1, 0.15) is 0 Å². The molecule has 0 aliphatic carbocycles. The Bertz CT molecular complexity index is 651. The van der Waals surface area contributed by atoms with Crippen molar-refractivity contribution in [1.82, 2.24) is 5.32 Å². The number of hydrogen-bond donors (Lipinski definition) is 2. The van der Waals surface area contributed by atoms with Gasteiger partial charge in [-0.2, -0.15) is 0 Å². The van der Waals surface area contributed by atoms with Gasteiger partial charge in [0, 0.05) is 23.4 Å². The highest BCUT2D eigenvalue weighted by atomic mass is 16.2. The van der Waals surface area contributed by atoms with E-state index in [1.165, 1.54) is 0 Å². The minimum atomic E-state index is -0.188. The molecule has 108 valence electrons. The second kappa shape index (κ2) is 6.70. The van der Waals surface area contributed by atoms with Gasteiger partial charge in [-0.15, -0.1) is 0 Å². The fourth-order valence-electron chi connectivity index (χ4n) is 1.94. The third kappa shape index (κ3) is 3.69. The lowest BCUT2D eigenvalue weighted by Gasteiger charge is -2.10. The summed E-state index contributed by atoms with van der Waals surface area (Å²) in [6.45, 7) is 4.32. The molecule has 0 unspecified atom stereocenters. The molecule has 0 heterocycles. The van der Waals surface area contributed by atoms with Gasteiger partial charge in [0.15, 0.2) is 0 Å². The van der Waals surface area contributed by atoms with E-state index in [2.05, 4.69) is 10.6 Å². The number of benzene rings is 2. The van der Waals surface area contributed by atoms with Crippen molar-refractivity contribution in [3.63, 3.8) is 0 Å². The predicted molar refractivity (Wildman–Crippen MR) is 83.6 cm³/mol. The summed E-state index contributed by atoms with van der Waals surface area (Å²) in [7, 11) is 0. The Labute approximate surface area is 124 Å². The first-order valence-electron chi connectivity index (χ1n) is 6.87. The maximum Gasteiger partial charge on any atom is 0.255 e. The molecule has 0 atom stereocenters. The maximum absolute atomic E-state index is 12.2. The molecule has 0 bridgehead atoms. The first kappa shape index (κ1) is 14.8. The quantitative estimate of drug-likeness (QED) is 0.905. The van der Waals surface area contributed by atoms with Crippen molar-refractivity contribution in [2.24, 2.45) is 0 Å². The molecule has 0 saturated heterocycles. The van der Waals surface area contributed by atoms with Gasteiger partial charge >= 0.3 is 0 Å². The van der Waals surface area contributed by atoms with Crippen LogP contribution in [0.1, 0.15) is 33.2 Å². The number of nitrogens with one attached hydrogen (secondary N) is 2. The minimum absolute atomic E-state index is 0.146. The van der Waals surface area contributed by atoms with Gasteiger partial charge in [0.05, 0.1) is 0 Å². The van der Waals surface area contributed by atoms with Gasteiger partial charge in [0.25, 0.3) is 11.8 Å². The number of amides is 2. The fourth-order valence-corrected chi connectivity index (χ4v) is 1.94. The number of aryl methyl sites for hydroxylation is 1. The van der Waals surface area contributed by atoms with E-state index in [1.807, 2.05) is 38.1 Å². The average molecular weight is 282 g/mol. The van der Waals surface area contributed by atoms with E-state index in [-0.39, 0.29) is 11.8 Å². The lowest BCUT2D eigenvalue weighted by Crippen LogP contribution is -2.23. The molecule has 0 aliphatic heterocycles. The molecule has 4 heteroatoms. The Morgan fingerprint density at radius 3 is 2.33 bits per heavy atom. The SMILES string of the molecule is CCNC(=O)c1ccc(C)c(NC(=O)c2ccccc2)c1. The van der Waals surface area contributed by atoms with Crippen LogP contribution in [0.25, 0.3) is 0 Å². The predicted octanol–water partition coefficient (Wildman–Crippen LogP) is 3.00. The third-order valence-electron chi connectivity index (χ3n) is 3.12. The number of carbonyl (C=O) groups excluding carboxylic acids is 2. The summed E-state index contributed by atoms with van der Waals surface area (Å²) < 4.78 is 0. The van der Waals surface area contributed by atoms with Crippen LogP contribution in [0.4, 0.5) is 5.69 Å². The van der Waals surface area contributed by atoms with Crippen molar-refractivity contribution < 1.29 is 9.59 Å². The van der Waals surface area contributed by atoms with E-state index in [0.717, 1.165) is 5.56 Å². The maximum atomic E-state index is 12.2. The van der Waals surface area contributed by atoms with Gasteiger partial charge in [-0.25, -0.2) is 0 Å². The molecule has 0 aliphatic rings. The second-order valence-electron chi connectivity index (χ2n) is 4.71. The molecule has 2 aromatic rings. The molecular formula is C17H18N2O2. The first-order valence-corrected chi connectivity index (χ1v) is 6.87. The van der Waals surface area contributed by atoms with Crippen molar-refractivity contribution in [2.45, 2.75) is 13.8 Å². The highest BCUT2D eigenvalue weighted by Gasteiger charge is 2.10. The van der Waals surface area contributed by atoms with Crippen LogP contribution in [0, 0.1) is 6.92 Å². The smallest absolute Gasteiger partial charge is 0.255 e. The first-order chi connectivity index (χ1) is 10.1. The molecule has 0 aromatic heterocycles. The molecule has 0 fully saturated rings. The molecule has 4 nitrogen and oxygen atoms in total. The van der Waals surface area contributed by atoms with Crippen molar-refractivity contribution in [2.75, 3.05) is 11.9 Å². The molecule has 21 heavy (non-hydrogen) atoms. The number of anilines is 1. The van der Waals surface area contributed by atoms with Crippen molar-refractivity contribution in [1.29, 1.82) is 0 Å². The van der Waals surface area contributed by atoms with Gasteiger partial charge in [-0.1, -0.05) is 24.3 Å². The van der Waals surface area contributed by atoms with Crippen LogP contribution < -0.4 is 10.6 Å². The Morgan fingerprint density at radius 1 is 0.952 bits per heavy atom. The van der Waals surface area contributed by atoms with Gasteiger partial charge in [0.2, 0.25) is 0 Å². The Morgan fingerprint density at radius 2 is 1.67 bits per heavy atom. The highest BCUT2D eigenvalue weighted by molar-refractivity contribution is 6.05. The molecule has 2 aromatic carbocycles. The number of hydrogen-bond acceptors (Lipinski definition) is 2. The standard InChI is InChI=1S/C17H18N2O2/c1-3-18-16(20)14-10-9-12(2)15(11-14)19-17(21)13-7-5-4-6-8-13/h4-11H,3H2,1-2H3,(H,18,20)(H,19,21). The summed E-state index contributed by atoms with van der Waals surface area (Å²) in [4.78, 5) is 24.0. The molecule has 0 radical (unpaired) electrons. The largest absolute Gasteiger partial charge is 0.352 e. The minimum Gasteiger partial charge on any atom is -0.352 e. The lowest BCUT2D eigenvalue weighted by molar-refractivity contribution is 0.0954. The summed E-state index contributed by atoms with van der Waals surface area (Å²) in [6.07, 6.45) is 0. The molecular weight excluding hydrogens is 264 g/mol. The van der Waals surface area contributed by atoms with Crippen LogP contribution in [-0.4, -0.2) is 18.4 Å². The summed E-state index contributed by atoms with van der Waals surface area (Å²) in [5.41, 5.74) is 2.67. The molecule has 0 spiro atoms. The average Bonchev–Trinajstić information content (AvgIpc) is 2.50. The van der Waals surface area contributed by atoms with Crippen molar-refractivity contribution >= 4 is 17.5 Å². The van der Waals surface area contributed by atoms with E-state index in [0.29, 0.717) is 23.4 Å². The van der Waals surface area contributed by atoms with Crippen LogP contribution >= 0.6 is 0 Å². The normalized spacial score (nSPS) is 10.0. The summed E-state index contributed by atoms with van der Waals surface area (Å²) >= 11 is 0. The summed E-state index contributed by atoms with van der Waals surface area (Å²) in [5, 5.41) is 5.59. The van der Waals surface area contributed by atoms with E-state index in [4.69, 9.17) is 0 Å². The van der Waals surface area contributed by atoms with Gasteiger partial charge < -0.3 is 10.6 Å². The fraction of sp³-hybridized carbons (Fsp3) is 0.176. The second-order valence-corrected chi connectivity index (χ2v) is 4.71.